The Labute approximate surface area is 219 Å². The summed E-state index contributed by atoms with van der Waals surface area (Å²) in [7, 11) is 0. The van der Waals surface area contributed by atoms with Crippen LogP contribution in [0.2, 0.25) is 0 Å². The number of thiazole rings is 1. The first-order valence-electron chi connectivity index (χ1n) is 12.4. The fourth-order valence-corrected chi connectivity index (χ4v) is 6.28. The number of pyridine rings is 1. The highest BCUT2D eigenvalue weighted by Crippen LogP contribution is 2.49. The van der Waals surface area contributed by atoms with Crippen molar-refractivity contribution in [3.05, 3.63) is 108 Å². The van der Waals surface area contributed by atoms with Crippen LogP contribution >= 0.6 is 11.3 Å². The van der Waals surface area contributed by atoms with E-state index < -0.39 is 0 Å². The molecule has 0 unspecified atom stereocenters. The number of nitrogens with zero attached hydrogens (tertiary/aromatic N) is 4. The van der Waals surface area contributed by atoms with Crippen LogP contribution < -0.4 is 0 Å². The maximum atomic E-state index is 5.00. The Balaban J connectivity index is 1.25. The molecule has 0 saturated carbocycles. The average molecular weight is 497 g/mol. The Hall–Kier alpha value is -4.22. The second-order valence-electron chi connectivity index (χ2n) is 10.1. The maximum Gasteiger partial charge on any atom is 0.160 e. The van der Waals surface area contributed by atoms with Gasteiger partial charge in [-0.05, 0) is 53.4 Å². The summed E-state index contributed by atoms with van der Waals surface area (Å²) in [6.45, 7) is 6.65. The SMILES string of the molecule is Cc1cc(-c2ccc3c(c2)C(C)(C)c2ccccc2-3)nc(-c2ccc(-c3nc4cccnc4s3)cc2)n1. The lowest BCUT2D eigenvalue weighted by molar-refractivity contribution is 0.660. The first-order valence-corrected chi connectivity index (χ1v) is 13.2. The molecular formula is C32H24N4S. The molecule has 0 N–H and O–H groups in total. The van der Waals surface area contributed by atoms with E-state index in [-0.39, 0.29) is 5.41 Å². The summed E-state index contributed by atoms with van der Waals surface area (Å²) in [5.74, 6) is 0.732. The predicted octanol–water partition coefficient (Wildman–Crippen LogP) is 8.10. The van der Waals surface area contributed by atoms with Crippen molar-refractivity contribution in [2.75, 3.05) is 0 Å². The quantitative estimate of drug-likeness (QED) is 0.248. The summed E-state index contributed by atoms with van der Waals surface area (Å²) >= 11 is 1.61. The third-order valence-corrected chi connectivity index (χ3v) is 8.32. The number of hydrogen-bond acceptors (Lipinski definition) is 5. The van der Waals surface area contributed by atoms with Crippen LogP contribution in [-0.2, 0) is 5.41 Å². The summed E-state index contributed by atoms with van der Waals surface area (Å²) in [5, 5.41) is 0.966. The van der Waals surface area contributed by atoms with Gasteiger partial charge in [0, 0.05) is 34.0 Å². The molecule has 0 atom stereocenters. The summed E-state index contributed by atoms with van der Waals surface area (Å²) < 4.78 is 0. The lowest BCUT2D eigenvalue weighted by Crippen LogP contribution is -2.14. The van der Waals surface area contributed by atoms with Gasteiger partial charge in [0.2, 0.25) is 0 Å². The van der Waals surface area contributed by atoms with E-state index >= 15 is 0 Å². The number of aromatic nitrogens is 4. The van der Waals surface area contributed by atoms with Crippen LogP contribution in [0.4, 0.5) is 0 Å². The Kier molecular flexibility index (Phi) is 4.85. The van der Waals surface area contributed by atoms with Gasteiger partial charge >= 0.3 is 0 Å². The highest BCUT2D eigenvalue weighted by atomic mass is 32.1. The average Bonchev–Trinajstić information content (AvgIpc) is 3.46. The molecule has 0 bridgehead atoms. The van der Waals surface area contributed by atoms with Gasteiger partial charge < -0.3 is 0 Å². The molecule has 1 aliphatic carbocycles. The Morgan fingerprint density at radius 3 is 2.27 bits per heavy atom. The van der Waals surface area contributed by atoms with Crippen molar-refractivity contribution >= 4 is 21.7 Å². The number of hydrogen-bond donors (Lipinski definition) is 0. The molecule has 0 saturated heterocycles. The molecule has 3 aromatic carbocycles. The smallest absolute Gasteiger partial charge is 0.160 e. The standard InChI is InChI=1S/C32H24N4S/c1-19-17-28(22-14-15-24-23-7-4-5-8-25(23)32(2,3)26(24)18-22)35-29(34-19)20-10-12-21(13-11-20)30-36-27-9-6-16-33-31(27)37-30/h4-18H,1-3H3. The van der Waals surface area contributed by atoms with E-state index in [0.29, 0.717) is 0 Å². The van der Waals surface area contributed by atoms with E-state index in [9.17, 15) is 0 Å². The van der Waals surface area contributed by atoms with Gasteiger partial charge in [-0.25, -0.2) is 19.9 Å². The molecule has 4 nitrogen and oxygen atoms in total. The third kappa shape index (κ3) is 3.58. The summed E-state index contributed by atoms with van der Waals surface area (Å²) in [5.41, 5.74) is 11.3. The van der Waals surface area contributed by atoms with Gasteiger partial charge in [-0.15, -0.1) is 0 Å². The van der Waals surface area contributed by atoms with Crippen LogP contribution in [-0.4, -0.2) is 19.9 Å². The van der Waals surface area contributed by atoms with Crippen LogP contribution in [0.5, 0.6) is 0 Å². The van der Waals surface area contributed by atoms with Crippen molar-refractivity contribution in [3.8, 4) is 44.3 Å². The van der Waals surface area contributed by atoms with Crippen molar-refractivity contribution in [1.29, 1.82) is 0 Å². The van der Waals surface area contributed by atoms with Gasteiger partial charge in [0.05, 0.1) is 5.69 Å². The van der Waals surface area contributed by atoms with Crippen LogP contribution in [0, 0.1) is 6.92 Å². The van der Waals surface area contributed by atoms with E-state index in [1.165, 1.54) is 22.3 Å². The molecule has 0 fully saturated rings. The van der Waals surface area contributed by atoms with Gasteiger partial charge in [-0.2, -0.15) is 0 Å². The molecule has 3 heterocycles. The fourth-order valence-electron chi connectivity index (χ4n) is 5.36. The van der Waals surface area contributed by atoms with Crippen molar-refractivity contribution in [2.24, 2.45) is 0 Å². The highest BCUT2D eigenvalue weighted by Gasteiger charge is 2.35. The topological polar surface area (TPSA) is 51.6 Å². The molecule has 37 heavy (non-hydrogen) atoms. The molecule has 1 aliphatic rings. The number of benzene rings is 3. The molecule has 3 aromatic heterocycles. The third-order valence-electron chi connectivity index (χ3n) is 7.29. The second kappa shape index (κ2) is 8.15. The molecule has 0 aliphatic heterocycles. The predicted molar refractivity (Wildman–Crippen MR) is 152 cm³/mol. The molecule has 0 radical (unpaired) electrons. The van der Waals surface area contributed by atoms with Crippen molar-refractivity contribution in [3.63, 3.8) is 0 Å². The monoisotopic (exact) mass is 496 g/mol. The minimum atomic E-state index is -0.0428. The molecule has 5 heteroatoms. The van der Waals surface area contributed by atoms with Crippen molar-refractivity contribution < 1.29 is 0 Å². The molecular weight excluding hydrogens is 472 g/mol. The van der Waals surface area contributed by atoms with Crippen molar-refractivity contribution in [2.45, 2.75) is 26.2 Å². The number of rotatable bonds is 3. The van der Waals surface area contributed by atoms with Crippen LogP contribution in [0.1, 0.15) is 30.7 Å². The minimum Gasteiger partial charge on any atom is -0.244 e. The van der Waals surface area contributed by atoms with Crippen LogP contribution in [0.25, 0.3) is 54.7 Å². The van der Waals surface area contributed by atoms with Gasteiger partial charge in [-0.3, -0.25) is 0 Å². The lowest BCUT2D eigenvalue weighted by atomic mass is 9.82. The van der Waals surface area contributed by atoms with Crippen LogP contribution in [0.15, 0.2) is 91.1 Å². The summed E-state index contributed by atoms with van der Waals surface area (Å²) in [6.07, 6.45) is 1.81. The Morgan fingerprint density at radius 1 is 0.676 bits per heavy atom. The first kappa shape index (κ1) is 22.0. The highest BCUT2D eigenvalue weighted by molar-refractivity contribution is 7.21. The van der Waals surface area contributed by atoms with E-state index in [1.54, 1.807) is 17.5 Å². The van der Waals surface area contributed by atoms with Gasteiger partial charge in [0.1, 0.15) is 15.4 Å². The largest absolute Gasteiger partial charge is 0.244 e. The second-order valence-corrected chi connectivity index (χ2v) is 11.1. The Bertz CT molecular complexity index is 1780. The molecule has 0 amide bonds. The van der Waals surface area contributed by atoms with E-state index in [0.717, 1.165) is 49.3 Å². The van der Waals surface area contributed by atoms with Crippen molar-refractivity contribution in [1.82, 2.24) is 19.9 Å². The molecule has 6 aromatic rings. The van der Waals surface area contributed by atoms with E-state index in [2.05, 4.69) is 91.6 Å². The van der Waals surface area contributed by atoms with E-state index in [4.69, 9.17) is 15.0 Å². The lowest BCUT2D eigenvalue weighted by Gasteiger charge is -2.22. The zero-order chi connectivity index (χ0) is 25.1. The van der Waals surface area contributed by atoms with Gasteiger partial charge in [0.15, 0.2) is 5.82 Å². The normalized spacial score (nSPS) is 13.5. The molecule has 178 valence electrons. The summed E-state index contributed by atoms with van der Waals surface area (Å²) in [4.78, 5) is 19.9. The van der Waals surface area contributed by atoms with Gasteiger partial charge in [-0.1, -0.05) is 85.8 Å². The van der Waals surface area contributed by atoms with Gasteiger partial charge in [0.25, 0.3) is 0 Å². The zero-order valence-corrected chi connectivity index (χ0v) is 21.7. The maximum absolute atomic E-state index is 5.00. The first-order chi connectivity index (χ1) is 18.0. The zero-order valence-electron chi connectivity index (χ0n) is 20.9. The molecule has 0 spiro atoms. The Morgan fingerprint density at radius 2 is 1.43 bits per heavy atom. The number of aryl methyl sites for hydroxylation is 1. The fraction of sp³-hybridized carbons (Fsp3) is 0.125. The minimum absolute atomic E-state index is 0.0428. The van der Waals surface area contributed by atoms with Crippen LogP contribution in [0.3, 0.4) is 0 Å². The van der Waals surface area contributed by atoms with E-state index in [1.807, 2.05) is 19.1 Å². The summed E-state index contributed by atoms with van der Waals surface area (Å²) in [6, 6.07) is 29.8. The molecule has 7 rings (SSSR count). The number of fused-ring (bicyclic) bond motifs is 4.